The number of H-pyrrole nitrogens is 1. The highest BCUT2D eigenvalue weighted by molar-refractivity contribution is 5.95. The molecule has 1 aliphatic rings. The second-order valence-electron chi connectivity index (χ2n) is 6.04. The van der Waals surface area contributed by atoms with Crippen molar-refractivity contribution in [2.45, 2.75) is 19.8 Å². The third-order valence-electron chi connectivity index (χ3n) is 4.43. The summed E-state index contributed by atoms with van der Waals surface area (Å²) in [5.74, 6) is -0.0283. The van der Waals surface area contributed by atoms with Crippen LogP contribution in [0.4, 0.5) is 11.4 Å². The smallest absolute Gasteiger partial charge is 0.292 e. The molecular formula is C17H21N5O3. The van der Waals surface area contributed by atoms with E-state index in [9.17, 15) is 14.9 Å². The lowest BCUT2D eigenvalue weighted by Gasteiger charge is -2.35. The number of carbonyl (C=O) groups excluding carboxylic acids is 1. The summed E-state index contributed by atoms with van der Waals surface area (Å²) in [6.45, 7) is 4.25. The first-order valence-corrected chi connectivity index (χ1v) is 8.41. The normalized spacial score (nSPS) is 14.6. The van der Waals surface area contributed by atoms with Gasteiger partial charge in [0.2, 0.25) is 0 Å². The van der Waals surface area contributed by atoms with E-state index in [1.54, 1.807) is 29.3 Å². The van der Waals surface area contributed by atoms with Crippen molar-refractivity contribution in [2.24, 2.45) is 0 Å². The Balaban J connectivity index is 1.69. The van der Waals surface area contributed by atoms with Crippen LogP contribution in [-0.2, 0) is 6.42 Å². The topological polar surface area (TPSA) is 95.4 Å². The lowest BCUT2D eigenvalue weighted by Crippen LogP contribution is -2.49. The molecule has 0 atom stereocenters. The van der Waals surface area contributed by atoms with Crippen LogP contribution in [-0.4, -0.2) is 52.1 Å². The number of nitrogens with one attached hydrogen (secondary N) is 1. The Morgan fingerprint density at radius 1 is 1.28 bits per heavy atom. The highest BCUT2D eigenvalue weighted by atomic mass is 16.6. The van der Waals surface area contributed by atoms with E-state index < -0.39 is 0 Å². The molecule has 3 rings (SSSR count). The van der Waals surface area contributed by atoms with Crippen molar-refractivity contribution < 1.29 is 9.72 Å². The van der Waals surface area contributed by atoms with Gasteiger partial charge in [0.1, 0.15) is 5.69 Å². The molecule has 0 bridgehead atoms. The number of hydrogen-bond acceptors (Lipinski definition) is 5. The molecule has 1 aromatic heterocycles. The Labute approximate surface area is 145 Å². The van der Waals surface area contributed by atoms with Crippen LogP contribution < -0.4 is 4.90 Å². The van der Waals surface area contributed by atoms with Crippen LogP contribution in [0.5, 0.6) is 0 Å². The van der Waals surface area contributed by atoms with Gasteiger partial charge in [-0.1, -0.05) is 25.5 Å². The number of nitrogens with zero attached hydrogens (tertiary/aromatic N) is 4. The van der Waals surface area contributed by atoms with Gasteiger partial charge < -0.3 is 9.80 Å². The number of benzene rings is 1. The van der Waals surface area contributed by atoms with E-state index in [-0.39, 0.29) is 16.5 Å². The zero-order valence-corrected chi connectivity index (χ0v) is 14.1. The highest BCUT2D eigenvalue weighted by Crippen LogP contribution is 2.28. The number of rotatable bonds is 5. The van der Waals surface area contributed by atoms with Crippen LogP contribution in [0.25, 0.3) is 0 Å². The van der Waals surface area contributed by atoms with Gasteiger partial charge in [-0.15, -0.1) is 0 Å². The fourth-order valence-corrected chi connectivity index (χ4v) is 3.14. The highest BCUT2D eigenvalue weighted by Gasteiger charge is 2.27. The fraction of sp³-hybridized carbons (Fsp3) is 0.412. The molecule has 1 saturated heterocycles. The molecule has 1 N–H and O–H groups in total. The molecular weight excluding hydrogens is 322 g/mol. The lowest BCUT2D eigenvalue weighted by atomic mass is 10.1. The molecule has 2 aromatic rings. The van der Waals surface area contributed by atoms with E-state index >= 15 is 0 Å². The first-order valence-electron chi connectivity index (χ1n) is 8.41. The first kappa shape index (κ1) is 16.9. The number of amides is 1. The van der Waals surface area contributed by atoms with Crippen LogP contribution >= 0.6 is 0 Å². The molecule has 8 nitrogen and oxygen atoms in total. The maximum atomic E-state index is 12.7. The van der Waals surface area contributed by atoms with Crippen LogP contribution in [0.2, 0.25) is 0 Å². The standard InChI is InChI=1S/C17H21N5O3/c1-2-5-14-13(12-18-19-14)17(23)21-10-8-20(9-11-21)15-6-3-4-7-16(15)22(24)25/h3-4,6-7,12H,2,5,8-11H2,1H3,(H,18,19). The summed E-state index contributed by atoms with van der Waals surface area (Å²) in [6, 6.07) is 6.72. The largest absolute Gasteiger partial charge is 0.362 e. The minimum atomic E-state index is -0.366. The molecule has 1 aromatic carbocycles. The molecule has 0 unspecified atom stereocenters. The van der Waals surface area contributed by atoms with E-state index in [1.165, 1.54) is 6.07 Å². The van der Waals surface area contributed by atoms with Gasteiger partial charge in [-0.25, -0.2) is 0 Å². The number of piperazine rings is 1. The van der Waals surface area contributed by atoms with Gasteiger partial charge in [0.15, 0.2) is 0 Å². The van der Waals surface area contributed by atoms with E-state index in [2.05, 4.69) is 17.1 Å². The Morgan fingerprint density at radius 2 is 2.00 bits per heavy atom. The van der Waals surface area contributed by atoms with Gasteiger partial charge in [0, 0.05) is 37.9 Å². The number of aromatic amines is 1. The zero-order chi connectivity index (χ0) is 17.8. The van der Waals surface area contributed by atoms with Crippen molar-refractivity contribution >= 4 is 17.3 Å². The summed E-state index contributed by atoms with van der Waals surface area (Å²) in [7, 11) is 0. The first-order chi connectivity index (χ1) is 12.1. The summed E-state index contributed by atoms with van der Waals surface area (Å²) >= 11 is 0. The lowest BCUT2D eigenvalue weighted by molar-refractivity contribution is -0.384. The number of carbonyl (C=O) groups is 1. The molecule has 1 amide bonds. The number of para-hydroxylation sites is 2. The molecule has 0 saturated carbocycles. The van der Waals surface area contributed by atoms with Crippen molar-refractivity contribution in [3.05, 3.63) is 51.8 Å². The summed E-state index contributed by atoms with van der Waals surface area (Å²) in [5, 5.41) is 18.1. The average molecular weight is 343 g/mol. The predicted molar refractivity (Wildman–Crippen MR) is 93.8 cm³/mol. The van der Waals surface area contributed by atoms with Gasteiger partial charge in [-0.2, -0.15) is 5.10 Å². The van der Waals surface area contributed by atoms with Crippen molar-refractivity contribution in [3.63, 3.8) is 0 Å². The number of nitro groups is 1. The van der Waals surface area contributed by atoms with Crippen molar-refractivity contribution in [1.29, 1.82) is 0 Å². The molecule has 0 radical (unpaired) electrons. The maximum absolute atomic E-state index is 12.7. The molecule has 0 spiro atoms. The molecule has 25 heavy (non-hydrogen) atoms. The number of aromatic nitrogens is 2. The van der Waals surface area contributed by atoms with Crippen molar-refractivity contribution in [1.82, 2.24) is 15.1 Å². The number of nitro benzene ring substituents is 1. The third kappa shape index (κ3) is 3.47. The summed E-state index contributed by atoms with van der Waals surface area (Å²) in [4.78, 5) is 27.3. The van der Waals surface area contributed by atoms with Gasteiger partial charge in [-0.05, 0) is 12.5 Å². The molecule has 0 aliphatic carbocycles. The molecule has 1 fully saturated rings. The molecule has 2 heterocycles. The predicted octanol–water partition coefficient (Wildman–Crippen LogP) is 2.23. The van der Waals surface area contributed by atoms with E-state index in [0.717, 1.165) is 18.5 Å². The van der Waals surface area contributed by atoms with E-state index in [4.69, 9.17) is 0 Å². The fourth-order valence-electron chi connectivity index (χ4n) is 3.14. The Bertz CT molecular complexity index is 765. The Hall–Kier alpha value is -2.90. The molecule has 1 aliphatic heterocycles. The second kappa shape index (κ2) is 7.33. The molecule has 132 valence electrons. The number of anilines is 1. The zero-order valence-electron chi connectivity index (χ0n) is 14.1. The summed E-state index contributed by atoms with van der Waals surface area (Å²) in [5.41, 5.74) is 2.20. The van der Waals surface area contributed by atoms with Crippen molar-refractivity contribution in [2.75, 3.05) is 31.1 Å². The third-order valence-corrected chi connectivity index (χ3v) is 4.43. The van der Waals surface area contributed by atoms with Crippen LogP contribution in [0.3, 0.4) is 0 Å². The summed E-state index contributed by atoms with van der Waals surface area (Å²) in [6.07, 6.45) is 3.31. The minimum Gasteiger partial charge on any atom is -0.362 e. The van der Waals surface area contributed by atoms with Gasteiger partial charge >= 0.3 is 0 Å². The number of aryl methyl sites for hydroxylation is 1. The van der Waals surface area contributed by atoms with Crippen molar-refractivity contribution in [3.8, 4) is 0 Å². The minimum absolute atomic E-state index is 0.0283. The van der Waals surface area contributed by atoms with Gasteiger partial charge in [-0.3, -0.25) is 20.0 Å². The summed E-state index contributed by atoms with van der Waals surface area (Å²) < 4.78 is 0. The van der Waals surface area contributed by atoms with E-state index in [1.807, 2.05) is 4.90 Å². The molecule has 8 heteroatoms. The Kier molecular flexibility index (Phi) is 4.97. The van der Waals surface area contributed by atoms with E-state index in [0.29, 0.717) is 37.4 Å². The van der Waals surface area contributed by atoms with Gasteiger partial charge in [0.05, 0.1) is 16.7 Å². The monoisotopic (exact) mass is 343 g/mol. The van der Waals surface area contributed by atoms with Gasteiger partial charge in [0.25, 0.3) is 11.6 Å². The maximum Gasteiger partial charge on any atom is 0.292 e. The number of hydrogen-bond donors (Lipinski definition) is 1. The second-order valence-corrected chi connectivity index (χ2v) is 6.04. The quantitative estimate of drug-likeness (QED) is 0.663. The SMILES string of the molecule is CCCc1[nH]ncc1C(=O)N1CCN(c2ccccc2[N+](=O)[O-])CC1. The average Bonchev–Trinajstić information content (AvgIpc) is 3.10. The van der Waals surface area contributed by atoms with Crippen LogP contribution in [0.15, 0.2) is 30.5 Å². The van der Waals surface area contributed by atoms with Crippen LogP contribution in [0.1, 0.15) is 29.4 Å². The Morgan fingerprint density at radius 3 is 2.68 bits per heavy atom. The van der Waals surface area contributed by atoms with Crippen LogP contribution in [0, 0.1) is 10.1 Å².